The van der Waals surface area contributed by atoms with Gasteiger partial charge in [-0.25, -0.2) is 0 Å². The maximum atomic E-state index is 10.9. The highest BCUT2D eigenvalue weighted by Crippen LogP contribution is 2.22. The van der Waals surface area contributed by atoms with E-state index in [0.717, 1.165) is 12.1 Å². The number of fused-ring (bicyclic) bond motifs is 1. The molecule has 14 heavy (non-hydrogen) atoms. The summed E-state index contributed by atoms with van der Waals surface area (Å²) in [5.74, 6) is -0.734. The van der Waals surface area contributed by atoms with E-state index < -0.39 is 5.97 Å². The zero-order chi connectivity index (χ0) is 10.3. The summed E-state index contributed by atoms with van der Waals surface area (Å²) < 4.78 is 1.99. The monoisotopic (exact) mass is 194 g/mol. The molecule has 0 bridgehead atoms. The van der Waals surface area contributed by atoms with Crippen LogP contribution in [0.4, 0.5) is 0 Å². The zero-order valence-electron chi connectivity index (χ0n) is 8.40. The van der Waals surface area contributed by atoms with E-state index in [4.69, 9.17) is 5.11 Å². The van der Waals surface area contributed by atoms with Gasteiger partial charge in [0.15, 0.2) is 0 Å². The van der Waals surface area contributed by atoms with Crippen molar-refractivity contribution in [2.75, 3.05) is 7.05 Å². The van der Waals surface area contributed by atoms with Crippen LogP contribution in [0.2, 0.25) is 0 Å². The Morgan fingerprint density at radius 3 is 2.71 bits per heavy atom. The Morgan fingerprint density at radius 2 is 2.07 bits per heavy atom. The molecule has 2 rings (SSSR count). The van der Waals surface area contributed by atoms with Gasteiger partial charge in [0.25, 0.3) is 0 Å². The molecule has 0 radical (unpaired) electrons. The lowest BCUT2D eigenvalue weighted by Crippen LogP contribution is -2.42. The van der Waals surface area contributed by atoms with Crippen LogP contribution in [-0.2, 0) is 24.8 Å². The second-order valence-corrected chi connectivity index (χ2v) is 3.95. The summed E-state index contributed by atoms with van der Waals surface area (Å²) in [6, 6.07) is -0.370. The number of carboxylic acid groups (broad SMARTS) is 1. The van der Waals surface area contributed by atoms with Crippen LogP contribution < -0.4 is 0 Å². The molecule has 0 saturated heterocycles. The molecule has 2 heterocycles. The van der Waals surface area contributed by atoms with E-state index >= 15 is 0 Å². The minimum Gasteiger partial charge on any atom is -0.480 e. The lowest BCUT2D eigenvalue weighted by Gasteiger charge is -2.29. The van der Waals surface area contributed by atoms with Crippen molar-refractivity contribution >= 4 is 5.97 Å². The fourth-order valence-corrected chi connectivity index (χ4v) is 2.04. The summed E-state index contributed by atoms with van der Waals surface area (Å²) in [6.07, 6.45) is 4.68. The van der Waals surface area contributed by atoms with Crippen molar-refractivity contribution in [1.29, 1.82) is 0 Å². The minimum absolute atomic E-state index is 0.370. The summed E-state index contributed by atoms with van der Waals surface area (Å²) in [5.41, 5.74) is 2.41. The van der Waals surface area contributed by atoms with Gasteiger partial charge in [-0.15, -0.1) is 0 Å². The van der Waals surface area contributed by atoms with E-state index in [9.17, 15) is 4.79 Å². The highest BCUT2D eigenvalue weighted by molar-refractivity contribution is 5.74. The molecule has 4 heteroatoms. The number of hydrogen-bond donors (Lipinski definition) is 1. The number of carbonyl (C=O) groups is 1. The average molecular weight is 194 g/mol. The molecule has 0 saturated carbocycles. The number of hydrogen-bond acceptors (Lipinski definition) is 2. The molecule has 76 valence electrons. The van der Waals surface area contributed by atoms with Crippen molar-refractivity contribution in [3.05, 3.63) is 23.5 Å². The molecule has 0 spiro atoms. The van der Waals surface area contributed by atoms with Crippen LogP contribution in [0, 0.1) is 0 Å². The van der Waals surface area contributed by atoms with Gasteiger partial charge < -0.3 is 9.67 Å². The van der Waals surface area contributed by atoms with Gasteiger partial charge in [0.2, 0.25) is 0 Å². The van der Waals surface area contributed by atoms with Crippen molar-refractivity contribution in [1.82, 2.24) is 9.47 Å². The quantitative estimate of drug-likeness (QED) is 0.706. The van der Waals surface area contributed by atoms with E-state index in [0.29, 0.717) is 6.42 Å². The van der Waals surface area contributed by atoms with Crippen molar-refractivity contribution in [2.24, 2.45) is 7.05 Å². The van der Waals surface area contributed by atoms with Crippen LogP contribution in [0.3, 0.4) is 0 Å². The molecule has 0 amide bonds. The SMILES string of the molecule is CN1Cc2cn(C)cc2CC1C(=O)O. The van der Waals surface area contributed by atoms with Crippen LogP contribution in [0.15, 0.2) is 12.4 Å². The molecule has 1 aromatic heterocycles. The molecule has 1 aliphatic heterocycles. The Labute approximate surface area is 82.7 Å². The zero-order valence-corrected chi connectivity index (χ0v) is 8.40. The van der Waals surface area contributed by atoms with Crippen molar-refractivity contribution < 1.29 is 9.90 Å². The van der Waals surface area contributed by atoms with E-state index in [1.165, 1.54) is 5.56 Å². The van der Waals surface area contributed by atoms with Crippen LogP contribution in [0.5, 0.6) is 0 Å². The van der Waals surface area contributed by atoms with E-state index in [1.54, 1.807) is 0 Å². The van der Waals surface area contributed by atoms with Crippen molar-refractivity contribution in [3.63, 3.8) is 0 Å². The lowest BCUT2D eigenvalue weighted by atomic mass is 9.99. The number of aliphatic carboxylic acids is 1. The maximum absolute atomic E-state index is 10.9. The molecule has 4 nitrogen and oxygen atoms in total. The highest BCUT2D eigenvalue weighted by Gasteiger charge is 2.29. The lowest BCUT2D eigenvalue weighted by molar-refractivity contribution is -0.143. The average Bonchev–Trinajstić information content (AvgIpc) is 2.42. The number of rotatable bonds is 1. The molecular formula is C10H14N2O2. The Hall–Kier alpha value is -1.29. The molecule has 1 atom stereocenters. The van der Waals surface area contributed by atoms with Gasteiger partial charge in [0.1, 0.15) is 6.04 Å². The third kappa shape index (κ3) is 1.42. The van der Waals surface area contributed by atoms with Crippen molar-refractivity contribution in [2.45, 2.75) is 19.0 Å². The highest BCUT2D eigenvalue weighted by atomic mass is 16.4. The van der Waals surface area contributed by atoms with E-state index in [2.05, 4.69) is 6.20 Å². The number of carboxylic acids is 1. The van der Waals surface area contributed by atoms with E-state index in [1.807, 2.05) is 29.8 Å². The standard InChI is InChI=1S/C10H14N2O2/c1-11-4-7-3-9(10(13)14)12(2)6-8(7)5-11/h4-5,9H,3,6H2,1-2H3,(H,13,14). The van der Waals surface area contributed by atoms with Gasteiger partial charge in [-0.3, -0.25) is 9.69 Å². The van der Waals surface area contributed by atoms with Crippen LogP contribution >= 0.6 is 0 Å². The Kier molecular flexibility index (Phi) is 2.07. The fourth-order valence-electron chi connectivity index (χ4n) is 2.04. The first-order valence-electron chi connectivity index (χ1n) is 4.64. The molecule has 0 aromatic carbocycles. The predicted octanol–water partition coefficient (Wildman–Crippen LogP) is 0.466. The molecule has 1 aromatic rings. The first-order chi connectivity index (χ1) is 6.58. The summed E-state index contributed by atoms with van der Waals surface area (Å²) in [5, 5.41) is 8.99. The van der Waals surface area contributed by atoms with Gasteiger partial charge >= 0.3 is 5.97 Å². The summed E-state index contributed by atoms with van der Waals surface area (Å²) in [4.78, 5) is 12.8. The van der Waals surface area contributed by atoms with E-state index in [-0.39, 0.29) is 6.04 Å². The van der Waals surface area contributed by atoms with Gasteiger partial charge in [0, 0.05) is 32.4 Å². The third-order valence-corrected chi connectivity index (χ3v) is 2.78. The Morgan fingerprint density at radius 1 is 1.43 bits per heavy atom. The number of likely N-dealkylation sites (N-methyl/N-ethyl adjacent to an activating group) is 1. The van der Waals surface area contributed by atoms with Gasteiger partial charge in [-0.05, 0) is 18.2 Å². The van der Waals surface area contributed by atoms with Crippen LogP contribution in [-0.4, -0.2) is 33.6 Å². The molecular weight excluding hydrogens is 180 g/mol. The second-order valence-electron chi connectivity index (χ2n) is 3.95. The number of nitrogens with zero attached hydrogens (tertiary/aromatic N) is 2. The maximum Gasteiger partial charge on any atom is 0.321 e. The molecule has 1 N–H and O–H groups in total. The topological polar surface area (TPSA) is 45.5 Å². The molecule has 0 fully saturated rings. The number of aromatic nitrogens is 1. The van der Waals surface area contributed by atoms with Gasteiger partial charge in [-0.1, -0.05) is 0 Å². The fraction of sp³-hybridized carbons (Fsp3) is 0.500. The summed E-state index contributed by atoms with van der Waals surface area (Å²) in [6.45, 7) is 0.729. The normalized spacial score (nSPS) is 22.0. The predicted molar refractivity (Wildman–Crippen MR) is 52.0 cm³/mol. The van der Waals surface area contributed by atoms with Gasteiger partial charge in [-0.2, -0.15) is 0 Å². The molecule has 0 aliphatic carbocycles. The minimum atomic E-state index is -0.734. The largest absolute Gasteiger partial charge is 0.480 e. The third-order valence-electron chi connectivity index (χ3n) is 2.78. The van der Waals surface area contributed by atoms with Gasteiger partial charge in [0.05, 0.1) is 0 Å². The Bertz CT molecular complexity index is 370. The van der Waals surface area contributed by atoms with Crippen molar-refractivity contribution in [3.8, 4) is 0 Å². The molecule has 1 aliphatic rings. The second kappa shape index (κ2) is 3.13. The Balaban J connectivity index is 2.30. The smallest absolute Gasteiger partial charge is 0.321 e. The first kappa shape index (κ1) is 9.27. The molecule has 1 unspecified atom stereocenters. The first-order valence-corrected chi connectivity index (χ1v) is 4.64. The van der Waals surface area contributed by atoms with Crippen LogP contribution in [0.1, 0.15) is 11.1 Å². The summed E-state index contributed by atoms with van der Waals surface area (Å²) in [7, 11) is 3.82. The van der Waals surface area contributed by atoms with Crippen LogP contribution in [0.25, 0.3) is 0 Å². The number of aryl methyl sites for hydroxylation is 1. The summed E-state index contributed by atoms with van der Waals surface area (Å²) >= 11 is 0.